The second-order valence-corrected chi connectivity index (χ2v) is 5.32. The maximum Gasteiger partial charge on any atom is 0.306 e. The molecule has 0 aromatic rings. The second-order valence-electron chi connectivity index (χ2n) is 5.32. The maximum atomic E-state index is 12.0. The van der Waals surface area contributed by atoms with Crippen molar-refractivity contribution in [2.75, 3.05) is 19.6 Å². The topological polar surface area (TPSA) is 69.6 Å². The third kappa shape index (κ3) is 6.09. The Bertz CT molecular complexity index is 305. The molecule has 118 valence electrons. The Balaban J connectivity index is 0.00000361. The highest BCUT2D eigenvalue weighted by Gasteiger charge is 2.29. The van der Waals surface area contributed by atoms with Gasteiger partial charge in [0, 0.05) is 6.54 Å². The molecule has 1 atom stereocenters. The standard InChI is InChI=1S/C14H26N2O3.ClH/c1-3-4-5-8-15-13(17)11(2)16-9-6-12(7-10-16)14(18)19;/h11-12H,3-10H2,1-2H3,(H,15,17)(H,18,19);1H. The van der Waals surface area contributed by atoms with E-state index >= 15 is 0 Å². The SMILES string of the molecule is CCCCCNC(=O)C(C)N1CCC(C(=O)O)CC1.Cl. The van der Waals surface area contributed by atoms with Gasteiger partial charge in [-0.05, 0) is 39.3 Å². The molecule has 1 saturated heterocycles. The Kier molecular flexibility index (Phi) is 9.59. The zero-order valence-corrected chi connectivity index (χ0v) is 13.2. The van der Waals surface area contributed by atoms with Crippen LogP contribution in [-0.4, -0.2) is 47.6 Å². The number of carboxylic acids is 1. The molecule has 1 unspecified atom stereocenters. The van der Waals surface area contributed by atoms with Crippen LogP contribution in [0.1, 0.15) is 46.0 Å². The Morgan fingerprint density at radius 1 is 1.30 bits per heavy atom. The van der Waals surface area contributed by atoms with Crippen molar-refractivity contribution in [2.24, 2.45) is 5.92 Å². The molecule has 2 N–H and O–H groups in total. The molecule has 1 aliphatic rings. The highest BCUT2D eigenvalue weighted by atomic mass is 35.5. The van der Waals surface area contributed by atoms with Gasteiger partial charge in [-0.15, -0.1) is 12.4 Å². The number of hydrogen-bond donors (Lipinski definition) is 2. The summed E-state index contributed by atoms with van der Waals surface area (Å²) in [5.41, 5.74) is 0. The summed E-state index contributed by atoms with van der Waals surface area (Å²) < 4.78 is 0. The van der Waals surface area contributed by atoms with Crippen LogP contribution in [0.25, 0.3) is 0 Å². The maximum absolute atomic E-state index is 12.0. The molecule has 1 rings (SSSR count). The average molecular weight is 307 g/mol. The molecule has 6 heteroatoms. The molecule has 0 aromatic carbocycles. The van der Waals surface area contributed by atoms with Crippen LogP contribution in [0, 0.1) is 5.92 Å². The summed E-state index contributed by atoms with van der Waals surface area (Å²) >= 11 is 0. The summed E-state index contributed by atoms with van der Waals surface area (Å²) in [6.07, 6.45) is 4.59. The van der Waals surface area contributed by atoms with Crippen LogP contribution in [0.5, 0.6) is 0 Å². The molecule has 20 heavy (non-hydrogen) atoms. The number of amides is 1. The number of likely N-dealkylation sites (tertiary alicyclic amines) is 1. The van der Waals surface area contributed by atoms with Gasteiger partial charge in [0.2, 0.25) is 5.91 Å². The molecule has 0 bridgehead atoms. The minimum Gasteiger partial charge on any atom is -0.481 e. The number of rotatable bonds is 7. The van der Waals surface area contributed by atoms with Gasteiger partial charge >= 0.3 is 5.97 Å². The van der Waals surface area contributed by atoms with Gasteiger partial charge in [-0.1, -0.05) is 19.8 Å². The van der Waals surface area contributed by atoms with Crippen LogP contribution >= 0.6 is 12.4 Å². The van der Waals surface area contributed by atoms with Crippen LogP contribution in [0.2, 0.25) is 0 Å². The lowest BCUT2D eigenvalue weighted by Crippen LogP contribution is -2.49. The minimum absolute atomic E-state index is 0. The van der Waals surface area contributed by atoms with E-state index in [-0.39, 0.29) is 30.3 Å². The van der Waals surface area contributed by atoms with Crippen molar-refractivity contribution in [3.05, 3.63) is 0 Å². The monoisotopic (exact) mass is 306 g/mol. The van der Waals surface area contributed by atoms with E-state index in [0.717, 1.165) is 25.8 Å². The van der Waals surface area contributed by atoms with Gasteiger partial charge in [0.25, 0.3) is 0 Å². The van der Waals surface area contributed by atoms with E-state index in [9.17, 15) is 9.59 Å². The van der Waals surface area contributed by atoms with Crippen molar-refractivity contribution in [1.29, 1.82) is 0 Å². The van der Waals surface area contributed by atoms with Gasteiger partial charge in [-0.2, -0.15) is 0 Å². The van der Waals surface area contributed by atoms with E-state index < -0.39 is 5.97 Å². The van der Waals surface area contributed by atoms with Crippen LogP contribution in [0.3, 0.4) is 0 Å². The third-order valence-corrected chi connectivity index (χ3v) is 3.89. The number of aliphatic carboxylic acids is 1. The molecule has 5 nitrogen and oxygen atoms in total. The molecular formula is C14H27ClN2O3. The summed E-state index contributed by atoms with van der Waals surface area (Å²) in [7, 11) is 0. The molecule has 0 saturated carbocycles. The van der Waals surface area contributed by atoms with Crippen LogP contribution in [0.4, 0.5) is 0 Å². The molecule has 0 radical (unpaired) electrons. The first-order valence-corrected chi connectivity index (χ1v) is 7.30. The van der Waals surface area contributed by atoms with E-state index in [0.29, 0.717) is 25.9 Å². The van der Waals surface area contributed by atoms with Crippen LogP contribution in [0.15, 0.2) is 0 Å². The number of carbonyl (C=O) groups is 2. The summed E-state index contributed by atoms with van der Waals surface area (Å²) in [5.74, 6) is -0.891. The zero-order chi connectivity index (χ0) is 14.3. The van der Waals surface area contributed by atoms with Crippen molar-refractivity contribution < 1.29 is 14.7 Å². The molecule has 1 heterocycles. The van der Waals surface area contributed by atoms with Gasteiger partial charge in [0.1, 0.15) is 0 Å². The third-order valence-electron chi connectivity index (χ3n) is 3.89. The van der Waals surface area contributed by atoms with Crippen molar-refractivity contribution in [1.82, 2.24) is 10.2 Å². The fraction of sp³-hybridized carbons (Fsp3) is 0.857. The zero-order valence-electron chi connectivity index (χ0n) is 12.4. The van der Waals surface area contributed by atoms with Gasteiger partial charge < -0.3 is 10.4 Å². The predicted octanol–water partition coefficient (Wildman–Crippen LogP) is 1.90. The minimum atomic E-state index is -0.712. The number of piperidine rings is 1. The largest absolute Gasteiger partial charge is 0.481 e. The lowest BCUT2D eigenvalue weighted by Gasteiger charge is -2.33. The number of unbranched alkanes of at least 4 members (excludes halogenated alkanes) is 2. The van der Waals surface area contributed by atoms with Crippen molar-refractivity contribution in [3.63, 3.8) is 0 Å². The van der Waals surface area contributed by atoms with E-state index in [4.69, 9.17) is 5.11 Å². The van der Waals surface area contributed by atoms with E-state index in [2.05, 4.69) is 17.1 Å². The van der Waals surface area contributed by atoms with Gasteiger partial charge in [-0.3, -0.25) is 14.5 Å². The fourth-order valence-electron chi connectivity index (χ4n) is 2.43. The first-order valence-electron chi connectivity index (χ1n) is 7.30. The van der Waals surface area contributed by atoms with Crippen LogP contribution in [-0.2, 0) is 9.59 Å². The number of halogens is 1. The summed E-state index contributed by atoms with van der Waals surface area (Å²) in [5, 5.41) is 11.9. The molecular weight excluding hydrogens is 280 g/mol. The molecule has 1 aliphatic heterocycles. The molecule has 0 aromatic heterocycles. The molecule has 0 aliphatic carbocycles. The lowest BCUT2D eigenvalue weighted by atomic mass is 9.96. The number of hydrogen-bond acceptors (Lipinski definition) is 3. The van der Waals surface area contributed by atoms with E-state index in [1.54, 1.807) is 0 Å². The number of nitrogens with one attached hydrogen (secondary N) is 1. The Morgan fingerprint density at radius 2 is 1.90 bits per heavy atom. The number of nitrogens with zero attached hydrogens (tertiary/aromatic N) is 1. The van der Waals surface area contributed by atoms with Gasteiger partial charge in [0.05, 0.1) is 12.0 Å². The molecule has 1 fully saturated rings. The fourth-order valence-corrected chi connectivity index (χ4v) is 2.43. The van der Waals surface area contributed by atoms with Gasteiger partial charge in [-0.25, -0.2) is 0 Å². The van der Waals surface area contributed by atoms with Gasteiger partial charge in [0.15, 0.2) is 0 Å². The Morgan fingerprint density at radius 3 is 2.40 bits per heavy atom. The van der Waals surface area contributed by atoms with Crippen LogP contribution < -0.4 is 5.32 Å². The van der Waals surface area contributed by atoms with Crippen molar-refractivity contribution >= 4 is 24.3 Å². The smallest absolute Gasteiger partial charge is 0.306 e. The van der Waals surface area contributed by atoms with E-state index in [1.807, 2.05) is 6.92 Å². The van der Waals surface area contributed by atoms with Crippen molar-refractivity contribution in [2.45, 2.75) is 52.0 Å². The summed E-state index contributed by atoms with van der Waals surface area (Å²) in [6, 6.07) is -0.156. The normalized spacial score (nSPS) is 18.1. The quantitative estimate of drug-likeness (QED) is 0.705. The highest BCUT2D eigenvalue weighted by molar-refractivity contribution is 5.85. The molecule has 1 amide bonds. The number of carboxylic acid groups (broad SMARTS) is 1. The Labute approximate surface area is 127 Å². The summed E-state index contributed by atoms with van der Waals surface area (Å²) in [4.78, 5) is 24.9. The predicted molar refractivity (Wildman–Crippen MR) is 81.2 cm³/mol. The average Bonchev–Trinajstić information content (AvgIpc) is 2.42. The summed E-state index contributed by atoms with van der Waals surface area (Å²) in [6.45, 7) is 6.16. The first-order chi connectivity index (χ1) is 9.06. The van der Waals surface area contributed by atoms with E-state index in [1.165, 1.54) is 0 Å². The lowest BCUT2D eigenvalue weighted by molar-refractivity contribution is -0.143. The highest BCUT2D eigenvalue weighted by Crippen LogP contribution is 2.19. The Hall–Kier alpha value is -0.810. The molecule has 0 spiro atoms. The number of carbonyl (C=O) groups excluding carboxylic acids is 1. The second kappa shape index (κ2) is 10.00. The first kappa shape index (κ1) is 19.2. The van der Waals surface area contributed by atoms with Crippen molar-refractivity contribution in [3.8, 4) is 0 Å².